The zero-order valence-electron chi connectivity index (χ0n) is 5.96. The van der Waals surface area contributed by atoms with E-state index in [9.17, 15) is 0 Å². The number of nitrogens with zero attached hydrogens (tertiary/aromatic N) is 1. The van der Waals surface area contributed by atoms with Gasteiger partial charge in [-0.3, -0.25) is 0 Å². The lowest BCUT2D eigenvalue weighted by atomic mass is 10.1. The Labute approximate surface area is 56.7 Å². The van der Waals surface area contributed by atoms with Crippen LogP contribution >= 0.6 is 0 Å². The number of rotatable bonds is 1. The average molecular weight is 122 g/mol. The molecule has 49 valence electrons. The molecule has 1 heteroatoms. The summed E-state index contributed by atoms with van der Waals surface area (Å²) < 4.78 is 0. The molecular weight excluding hydrogens is 110 g/mol. The Hall–Kier alpha value is -0.720. The summed E-state index contributed by atoms with van der Waals surface area (Å²) in [7, 11) is 4.11. The molecule has 0 N–H and O–H groups in total. The second-order valence-electron chi connectivity index (χ2n) is 2.35. The van der Waals surface area contributed by atoms with E-state index in [0.717, 1.165) is 6.42 Å². The van der Waals surface area contributed by atoms with E-state index < -0.39 is 0 Å². The molecule has 1 radical (unpaired) electrons. The lowest BCUT2D eigenvalue weighted by molar-refractivity contribution is 0.516. The van der Waals surface area contributed by atoms with Crippen LogP contribution in [0.1, 0.15) is 6.42 Å². The minimum Gasteiger partial charge on any atom is -0.381 e. The van der Waals surface area contributed by atoms with E-state index in [4.69, 9.17) is 0 Å². The van der Waals surface area contributed by atoms with Gasteiger partial charge in [-0.05, 0) is 12.5 Å². The average Bonchev–Trinajstić information content (AvgIpc) is 1.90. The summed E-state index contributed by atoms with van der Waals surface area (Å²) in [6.45, 7) is 0. The number of hydrogen-bond donors (Lipinski definition) is 0. The van der Waals surface area contributed by atoms with Gasteiger partial charge >= 0.3 is 0 Å². The van der Waals surface area contributed by atoms with Crippen molar-refractivity contribution in [2.45, 2.75) is 6.42 Å². The Morgan fingerprint density at radius 1 is 1.44 bits per heavy atom. The second kappa shape index (κ2) is 2.72. The van der Waals surface area contributed by atoms with Crippen LogP contribution in [0.5, 0.6) is 0 Å². The van der Waals surface area contributed by atoms with Crippen LogP contribution in [-0.2, 0) is 0 Å². The van der Waals surface area contributed by atoms with Crippen molar-refractivity contribution in [3.63, 3.8) is 0 Å². The van der Waals surface area contributed by atoms with Crippen molar-refractivity contribution in [3.05, 3.63) is 30.3 Å². The smallest absolute Gasteiger partial charge is 0.0169 e. The summed E-state index contributed by atoms with van der Waals surface area (Å²) in [5.74, 6) is 0. The maximum atomic E-state index is 2.21. The third kappa shape index (κ3) is 1.60. The van der Waals surface area contributed by atoms with Gasteiger partial charge in [-0.1, -0.05) is 12.2 Å². The summed E-state index contributed by atoms with van der Waals surface area (Å²) >= 11 is 0. The topological polar surface area (TPSA) is 3.24 Å². The number of hydrogen-bond acceptors (Lipinski definition) is 1. The molecule has 1 aliphatic carbocycles. The first-order chi connectivity index (χ1) is 4.30. The van der Waals surface area contributed by atoms with Crippen molar-refractivity contribution in [2.24, 2.45) is 0 Å². The van der Waals surface area contributed by atoms with Gasteiger partial charge < -0.3 is 4.90 Å². The lowest BCUT2D eigenvalue weighted by Crippen LogP contribution is -2.11. The molecule has 9 heavy (non-hydrogen) atoms. The first-order valence-corrected chi connectivity index (χ1v) is 3.18. The highest BCUT2D eigenvalue weighted by Gasteiger charge is 1.99. The second-order valence-corrected chi connectivity index (χ2v) is 2.35. The predicted molar refractivity (Wildman–Crippen MR) is 39.8 cm³/mol. The highest BCUT2D eigenvalue weighted by molar-refractivity contribution is 5.24. The van der Waals surface area contributed by atoms with Crippen LogP contribution in [0.4, 0.5) is 0 Å². The fourth-order valence-corrected chi connectivity index (χ4v) is 0.834. The van der Waals surface area contributed by atoms with E-state index in [1.54, 1.807) is 0 Å². The molecule has 0 aromatic rings. The maximum absolute atomic E-state index is 2.21. The van der Waals surface area contributed by atoms with Crippen molar-refractivity contribution >= 4 is 0 Å². The molecule has 0 aromatic carbocycles. The Kier molecular flexibility index (Phi) is 1.93. The van der Waals surface area contributed by atoms with Gasteiger partial charge in [-0.25, -0.2) is 0 Å². The molecule has 0 atom stereocenters. The van der Waals surface area contributed by atoms with Crippen molar-refractivity contribution in [1.29, 1.82) is 0 Å². The molecule has 0 saturated heterocycles. The lowest BCUT2D eigenvalue weighted by Gasteiger charge is -2.17. The van der Waals surface area contributed by atoms with Crippen LogP contribution in [0.3, 0.4) is 0 Å². The van der Waals surface area contributed by atoms with Crippen LogP contribution in [0, 0.1) is 6.42 Å². The van der Waals surface area contributed by atoms with Crippen molar-refractivity contribution < 1.29 is 0 Å². The summed E-state index contributed by atoms with van der Waals surface area (Å²) in [6.07, 6.45) is 9.63. The minimum atomic E-state index is 1.07. The Morgan fingerprint density at radius 2 is 2.22 bits per heavy atom. The summed E-state index contributed by atoms with van der Waals surface area (Å²) in [6, 6.07) is 0. The van der Waals surface area contributed by atoms with E-state index in [-0.39, 0.29) is 0 Å². The minimum absolute atomic E-state index is 1.07. The zero-order chi connectivity index (χ0) is 6.69. The molecular formula is C8H12N. The van der Waals surface area contributed by atoms with E-state index in [2.05, 4.69) is 43.6 Å². The van der Waals surface area contributed by atoms with Gasteiger partial charge in [0.05, 0.1) is 0 Å². The fraction of sp³-hybridized carbons (Fsp3) is 0.375. The van der Waals surface area contributed by atoms with Crippen molar-refractivity contribution in [3.8, 4) is 0 Å². The zero-order valence-corrected chi connectivity index (χ0v) is 5.96. The van der Waals surface area contributed by atoms with Crippen LogP contribution in [-0.4, -0.2) is 19.0 Å². The van der Waals surface area contributed by atoms with E-state index in [1.807, 2.05) is 0 Å². The van der Waals surface area contributed by atoms with Gasteiger partial charge in [-0.2, -0.15) is 0 Å². The summed E-state index contributed by atoms with van der Waals surface area (Å²) in [5, 5.41) is 0. The Morgan fingerprint density at radius 3 is 2.56 bits per heavy atom. The maximum Gasteiger partial charge on any atom is 0.0169 e. The van der Waals surface area contributed by atoms with Gasteiger partial charge in [0.25, 0.3) is 0 Å². The van der Waals surface area contributed by atoms with Gasteiger partial charge in [0.1, 0.15) is 0 Å². The molecule has 0 bridgehead atoms. The molecule has 0 unspecified atom stereocenters. The van der Waals surface area contributed by atoms with E-state index >= 15 is 0 Å². The van der Waals surface area contributed by atoms with Gasteiger partial charge in [0.15, 0.2) is 0 Å². The molecule has 0 fully saturated rings. The molecule has 0 heterocycles. The van der Waals surface area contributed by atoms with Crippen LogP contribution < -0.4 is 0 Å². The van der Waals surface area contributed by atoms with Gasteiger partial charge in [0, 0.05) is 26.2 Å². The van der Waals surface area contributed by atoms with Gasteiger partial charge in [-0.15, -0.1) is 0 Å². The molecule has 0 amide bonds. The van der Waals surface area contributed by atoms with Crippen molar-refractivity contribution in [2.75, 3.05) is 14.1 Å². The molecule has 0 saturated carbocycles. The Balaban J connectivity index is 2.57. The fourth-order valence-electron chi connectivity index (χ4n) is 0.834. The monoisotopic (exact) mass is 122 g/mol. The molecule has 0 spiro atoms. The molecule has 0 aliphatic heterocycles. The number of allylic oxidation sites excluding steroid dienone is 4. The van der Waals surface area contributed by atoms with Crippen molar-refractivity contribution in [1.82, 2.24) is 4.90 Å². The summed E-state index contributed by atoms with van der Waals surface area (Å²) in [5.41, 5.74) is 1.30. The largest absolute Gasteiger partial charge is 0.381 e. The molecule has 1 nitrogen and oxygen atoms in total. The normalized spacial score (nSPS) is 17.3. The molecule has 1 aliphatic rings. The Bertz CT molecular complexity index is 143. The van der Waals surface area contributed by atoms with Crippen LogP contribution in [0.25, 0.3) is 0 Å². The third-order valence-corrected chi connectivity index (χ3v) is 1.38. The highest BCUT2D eigenvalue weighted by Crippen LogP contribution is 2.11. The van der Waals surface area contributed by atoms with Crippen LogP contribution in [0.2, 0.25) is 0 Å². The van der Waals surface area contributed by atoms with Gasteiger partial charge in [0.2, 0.25) is 0 Å². The van der Waals surface area contributed by atoms with Crippen LogP contribution in [0.15, 0.2) is 23.9 Å². The standard InChI is InChI=1S/C8H12N/c1-9(2)8-6-4-3-5-7-8/h3-4,6-7H,5H2,1-2H3. The highest BCUT2D eigenvalue weighted by atomic mass is 15.1. The quantitative estimate of drug-likeness (QED) is 0.510. The van der Waals surface area contributed by atoms with E-state index in [1.165, 1.54) is 5.70 Å². The summed E-state index contributed by atoms with van der Waals surface area (Å²) in [4.78, 5) is 2.11. The van der Waals surface area contributed by atoms with E-state index in [0.29, 0.717) is 0 Å². The SMILES string of the molecule is CN(C)C1=CC=CC[CH]1. The first kappa shape index (κ1) is 6.40. The first-order valence-electron chi connectivity index (χ1n) is 3.18. The third-order valence-electron chi connectivity index (χ3n) is 1.38. The molecule has 0 aromatic heterocycles. The predicted octanol–water partition coefficient (Wildman–Crippen LogP) is 1.60. The molecule has 1 rings (SSSR count).